The molecule has 0 fully saturated rings. The highest BCUT2D eigenvalue weighted by molar-refractivity contribution is 6.12. The third-order valence-corrected chi connectivity index (χ3v) is 4.04. The van der Waals surface area contributed by atoms with Gasteiger partial charge in [-0.2, -0.15) is 5.10 Å². The van der Waals surface area contributed by atoms with Gasteiger partial charge in [-0.15, -0.1) is 0 Å². The Bertz CT molecular complexity index is 1080. The zero-order valence-corrected chi connectivity index (χ0v) is 14.6. The van der Waals surface area contributed by atoms with Gasteiger partial charge in [-0.1, -0.05) is 5.16 Å². The van der Waals surface area contributed by atoms with Crippen LogP contribution in [0.5, 0.6) is 0 Å². The summed E-state index contributed by atoms with van der Waals surface area (Å²) in [5, 5.41) is 11.7. The van der Waals surface area contributed by atoms with Crippen LogP contribution in [0.1, 0.15) is 35.9 Å². The Morgan fingerprint density at radius 1 is 1.31 bits per heavy atom. The van der Waals surface area contributed by atoms with Gasteiger partial charge in [0, 0.05) is 12.1 Å². The van der Waals surface area contributed by atoms with E-state index in [1.165, 1.54) is 0 Å². The lowest BCUT2D eigenvalue weighted by molar-refractivity contribution is 0.102. The minimum Gasteiger partial charge on any atom is -0.463 e. The molecule has 0 radical (unpaired) electrons. The Morgan fingerprint density at radius 2 is 2.15 bits per heavy atom. The molecule has 0 aliphatic carbocycles. The Kier molecular flexibility index (Phi) is 3.80. The van der Waals surface area contributed by atoms with E-state index in [4.69, 9.17) is 8.94 Å². The van der Waals surface area contributed by atoms with E-state index in [-0.39, 0.29) is 11.9 Å². The number of hydrogen-bond acceptors (Lipinski definition) is 6. The summed E-state index contributed by atoms with van der Waals surface area (Å²) in [6, 6.07) is 7.08. The maximum atomic E-state index is 13.0. The summed E-state index contributed by atoms with van der Waals surface area (Å²) in [6.45, 7) is 5.76. The highest BCUT2D eigenvalue weighted by Crippen LogP contribution is 2.28. The first kappa shape index (κ1) is 16.1. The number of aryl methyl sites for hydroxylation is 1. The lowest BCUT2D eigenvalue weighted by Gasteiger charge is -2.12. The van der Waals surface area contributed by atoms with Crippen LogP contribution >= 0.6 is 0 Å². The van der Waals surface area contributed by atoms with Gasteiger partial charge < -0.3 is 14.3 Å². The van der Waals surface area contributed by atoms with E-state index < -0.39 is 0 Å². The van der Waals surface area contributed by atoms with E-state index >= 15 is 0 Å². The van der Waals surface area contributed by atoms with E-state index in [1.807, 2.05) is 13.8 Å². The molecule has 0 saturated carbocycles. The number of aromatic nitrogens is 4. The lowest BCUT2D eigenvalue weighted by atomic mass is 10.1. The highest BCUT2D eigenvalue weighted by atomic mass is 16.5. The lowest BCUT2D eigenvalue weighted by Crippen LogP contribution is -2.17. The monoisotopic (exact) mass is 351 g/mol. The largest absolute Gasteiger partial charge is 0.463 e. The fraction of sp³-hybridized carbons (Fsp3) is 0.222. The van der Waals surface area contributed by atoms with Gasteiger partial charge in [-0.05, 0) is 39.0 Å². The first-order valence-corrected chi connectivity index (χ1v) is 8.20. The first-order valence-electron chi connectivity index (χ1n) is 8.20. The van der Waals surface area contributed by atoms with E-state index in [0.29, 0.717) is 39.6 Å². The second-order valence-corrected chi connectivity index (χ2v) is 6.19. The fourth-order valence-corrected chi connectivity index (χ4v) is 2.83. The molecule has 4 aromatic rings. The minimum atomic E-state index is -0.293. The molecule has 4 heterocycles. The van der Waals surface area contributed by atoms with Gasteiger partial charge in [0.15, 0.2) is 5.76 Å². The molecule has 0 bridgehead atoms. The summed E-state index contributed by atoms with van der Waals surface area (Å²) in [5.41, 5.74) is 1.80. The average Bonchev–Trinajstić information content (AvgIpc) is 3.35. The molecule has 0 atom stereocenters. The standard InChI is InChI=1S/C18H17N5O3/c1-10(2)23-15(6-7-19-23)21-17(24)12-9-13(14-5-4-8-25-14)20-18-16(12)11(3)22-26-18/h4-10H,1-3H3,(H,21,24). The Labute approximate surface area is 148 Å². The number of amides is 1. The van der Waals surface area contributed by atoms with Crippen LogP contribution in [0.15, 0.2) is 45.7 Å². The van der Waals surface area contributed by atoms with Gasteiger partial charge in [0.2, 0.25) is 0 Å². The minimum absolute atomic E-state index is 0.119. The number of furan rings is 1. The van der Waals surface area contributed by atoms with Crippen LogP contribution in [0.25, 0.3) is 22.6 Å². The number of nitrogens with one attached hydrogen (secondary N) is 1. The number of pyridine rings is 1. The quantitative estimate of drug-likeness (QED) is 0.600. The number of carbonyl (C=O) groups is 1. The molecule has 0 aromatic carbocycles. The topological polar surface area (TPSA) is 99.0 Å². The summed E-state index contributed by atoms with van der Waals surface area (Å²) in [7, 11) is 0. The maximum absolute atomic E-state index is 13.0. The van der Waals surface area contributed by atoms with Crippen molar-refractivity contribution < 1.29 is 13.7 Å². The average molecular weight is 351 g/mol. The van der Waals surface area contributed by atoms with Crippen molar-refractivity contribution >= 4 is 22.8 Å². The van der Waals surface area contributed by atoms with Crippen molar-refractivity contribution in [3.05, 3.63) is 48.0 Å². The Balaban J connectivity index is 1.80. The van der Waals surface area contributed by atoms with Crippen LogP contribution in [0.3, 0.4) is 0 Å². The molecule has 132 valence electrons. The van der Waals surface area contributed by atoms with Crippen molar-refractivity contribution in [2.75, 3.05) is 5.32 Å². The molecule has 0 unspecified atom stereocenters. The SMILES string of the molecule is Cc1noc2nc(-c3ccco3)cc(C(=O)Nc3ccnn3C(C)C)c12. The molecule has 8 heteroatoms. The van der Waals surface area contributed by atoms with Crippen molar-refractivity contribution in [1.29, 1.82) is 0 Å². The number of rotatable bonds is 4. The molecule has 0 spiro atoms. The van der Waals surface area contributed by atoms with Crippen molar-refractivity contribution in [3.63, 3.8) is 0 Å². The summed E-state index contributed by atoms with van der Waals surface area (Å²) in [4.78, 5) is 17.4. The summed E-state index contributed by atoms with van der Waals surface area (Å²) >= 11 is 0. The van der Waals surface area contributed by atoms with Gasteiger partial charge in [0.25, 0.3) is 11.6 Å². The highest BCUT2D eigenvalue weighted by Gasteiger charge is 2.21. The molecule has 0 aliphatic heterocycles. The number of carbonyl (C=O) groups excluding carboxylic acids is 1. The smallest absolute Gasteiger partial charge is 0.259 e. The van der Waals surface area contributed by atoms with Crippen molar-refractivity contribution in [2.24, 2.45) is 0 Å². The number of hydrogen-bond donors (Lipinski definition) is 1. The molecule has 4 rings (SSSR count). The Hall–Kier alpha value is -3.42. The zero-order chi connectivity index (χ0) is 18.3. The zero-order valence-electron chi connectivity index (χ0n) is 14.6. The number of nitrogens with zero attached hydrogens (tertiary/aromatic N) is 4. The summed E-state index contributed by atoms with van der Waals surface area (Å²) in [5.74, 6) is 0.866. The van der Waals surface area contributed by atoms with Crippen LogP contribution in [0.2, 0.25) is 0 Å². The van der Waals surface area contributed by atoms with Crippen LogP contribution < -0.4 is 5.32 Å². The van der Waals surface area contributed by atoms with Gasteiger partial charge in [-0.3, -0.25) is 4.79 Å². The van der Waals surface area contributed by atoms with Crippen LogP contribution in [-0.2, 0) is 0 Å². The Morgan fingerprint density at radius 3 is 2.88 bits per heavy atom. The third-order valence-electron chi connectivity index (χ3n) is 4.04. The van der Waals surface area contributed by atoms with Gasteiger partial charge in [0.1, 0.15) is 11.5 Å². The number of anilines is 1. The molecule has 4 aromatic heterocycles. The van der Waals surface area contributed by atoms with Crippen molar-refractivity contribution in [3.8, 4) is 11.5 Å². The van der Waals surface area contributed by atoms with Gasteiger partial charge in [-0.25, -0.2) is 9.67 Å². The predicted octanol–water partition coefficient (Wildman–Crippen LogP) is 3.82. The predicted molar refractivity (Wildman–Crippen MR) is 94.8 cm³/mol. The van der Waals surface area contributed by atoms with Crippen LogP contribution in [-0.4, -0.2) is 25.8 Å². The normalized spacial score (nSPS) is 11.4. The molecule has 8 nitrogen and oxygen atoms in total. The molecule has 1 N–H and O–H groups in total. The second-order valence-electron chi connectivity index (χ2n) is 6.19. The van der Waals surface area contributed by atoms with Crippen molar-refractivity contribution in [2.45, 2.75) is 26.8 Å². The van der Waals surface area contributed by atoms with E-state index in [9.17, 15) is 4.79 Å². The molecule has 1 amide bonds. The third kappa shape index (κ3) is 2.65. The molecule has 0 aliphatic rings. The summed E-state index contributed by atoms with van der Waals surface area (Å²) in [6.07, 6.45) is 3.20. The first-order chi connectivity index (χ1) is 12.5. The fourth-order valence-electron chi connectivity index (χ4n) is 2.83. The molecule has 0 saturated heterocycles. The molecular weight excluding hydrogens is 334 g/mol. The van der Waals surface area contributed by atoms with Gasteiger partial charge in [0.05, 0.1) is 29.1 Å². The van der Waals surface area contributed by atoms with E-state index in [1.54, 1.807) is 48.3 Å². The van der Waals surface area contributed by atoms with Crippen molar-refractivity contribution in [1.82, 2.24) is 19.9 Å². The second kappa shape index (κ2) is 6.14. The van der Waals surface area contributed by atoms with E-state index in [2.05, 4.69) is 20.6 Å². The number of fused-ring (bicyclic) bond motifs is 1. The van der Waals surface area contributed by atoms with E-state index in [0.717, 1.165) is 0 Å². The molecular formula is C18H17N5O3. The van der Waals surface area contributed by atoms with Gasteiger partial charge >= 0.3 is 0 Å². The van der Waals surface area contributed by atoms with Crippen LogP contribution in [0, 0.1) is 6.92 Å². The maximum Gasteiger partial charge on any atom is 0.259 e. The summed E-state index contributed by atoms with van der Waals surface area (Å²) < 4.78 is 12.4. The van der Waals surface area contributed by atoms with Crippen LogP contribution in [0.4, 0.5) is 5.82 Å². The molecule has 26 heavy (non-hydrogen) atoms.